The van der Waals surface area contributed by atoms with Gasteiger partial charge in [0.05, 0.1) is 5.69 Å². The van der Waals surface area contributed by atoms with Gasteiger partial charge in [-0.2, -0.15) is 0 Å². The number of nitrogens with zero attached hydrogens (tertiary/aromatic N) is 3. The van der Waals surface area contributed by atoms with E-state index in [0.29, 0.717) is 5.92 Å². The van der Waals surface area contributed by atoms with Gasteiger partial charge in [-0.25, -0.2) is 4.98 Å². The molecule has 1 aliphatic rings. The molecule has 7 nitrogen and oxygen atoms in total. The Labute approximate surface area is 167 Å². The van der Waals surface area contributed by atoms with Crippen molar-refractivity contribution < 1.29 is 9.47 Å². The highest BCUT2D eigenvalue weighted by molar-refractivity contribution is 5.79. The van der Waals surface area contributed by atoms with Crippen LogP contribution >= 0.6 is 0 Å². The molecule has 2 aromatic rings. The van der Waals surface area contributed by atoms with Gasteiger partial charge in [0.2, 0.25) is 0 Å². The molecule has 0 atom stereocenters. The number of hydrogen-bond donors (Lipinski definition) is 2. The van der Waals surface area contributed by atoms with Gasteiger partial charge in [-0.3, -0.25) is 4.99 Å². The van der Waals surface area contributed by atoms with Crippen LogP contribution in [0.15, 0.2) is 35.6 Å². The van der Waals surface area contributed by atoms with Crippen molar-refractivity contribution in [1.29, 1.82) is 0 Å². The molecular formula is C21H33N5O2. The fourth-order valence-electron chi connectivity index (χ4n) is 3.28. The van der Waals surface area contributed by atoms with Crippen molar-refractivity contribution in [2.24, 2.45) is 10.9 Å². The highest BCUT2D eigenvalue weighted by Gasteiger charge is 2.13. The molecule has 2 aromatic heterocycles. The zero-order valence-electron chi connectivity index (χ0n) is 16.9. The summed E-state index contributed by atoms with van der Waals surface area (Å²) in [5, 5.41) is 6.69. The monoisotopic (exact) mass is 387 g/mol. The Morgan fingerprint density at radius 3 is 3.04 bits per heavy atom. The molecule has 7 heteroatoms. The first kappa shape index (κ1) is 20.6. The molecule has 1 aliphatic heterocycles. The van der Waals surface area contributed by atoms with Crippen LogP contribution in [0.2, 0.25) is 0 Å². The maximum atomic E-state index is 5.81. The summed E-state index contributed by atoms with van der Waals surface area (Å²) in [6.07, 6.45) is 8.15. The summed E-state index contributed by atoms with van der Waals surface area (Å²) in [4.78, 5) is 9.27. The lowest BCUT2D eigenvalue weighted by atomic mass is 10.0. The van der Waals surface area contributed by atoms with Gasteiger partial charge in [0.1, 0.15) is 5.65 Å². The first-order valence-electron chi connectivity index (χ1n) is 10.5. The first-order valence-corrected chi connectivity index (χ1v) is 10.5. The van der Waals surface area contributed by atoms with Crippen molar-refractivity contribution in [3.8, 4) is 0 Å². The van der Waals surface area contributed by atoms with Crippen molar-refractivity contribution in [2.45, 2.75) is 32.6 Å². The molecule has 3 rings (SSSR count). The Hall–Kier alpha value is -2.12. The van der Waals surface area contributed by atoms with Gasteiger partial charge < -0.3 is 24.5 Å². The average Bonchev–Trinajstić information content (AvgIpc) is 3.14. The molecule has 1 saturated heterocycles. The van der Waals surface area contributed by atoms with Crippen molar-refractivity contribution in [1.82, 2.24) is 20.0 Å². The van der Waals surface area contributed by atoms with Crippen LogP contribution in [0.3, 0.4) is 0 Å². The second-order valence-electron chi connectivity index (χ2n) is 7.12. The molecule has 0 aromatic carbocycles. The normalized spacial score (nSPS) is 15.8. The number of aliphatic imine (C=N–C) groups is 1. The summed E-state index contributed by atoms with van der Waals surface area (Å²) in [5.41, 5.74) is 2.06. The lowest BCUT2D eigenvalue weighted by molar-refractivity contribution is 0.0205. The van der Waals surface area contributed by atoms with E-state index in [9.17, 15) is 0 Å². The van der Waals surface area contributed by atoms with Crippen LogP contribution in [0.4, 0.5) is 0 Å². The number of imidazole rings is 1. The highest BCUT2D eigenvalue weighted by atomic mass is 16.5. The van der Waals surface area contributed by atoms with E-state index in [1.165, 1.54) is 0 Å². The average molecular weight is 388 g/mol. The minimum absolute atomic E-state index is 0.663. The summed E-state index contributed by atoms with van der Waals surface area (Å²) in [5.74, 6) is 1.52. The Balaban J connectivity index is 1.32. The Morgan fingerprint density at radius 2 is 2.21 bits per heavy atom. The summed E-state index contributed by atoms with van der Waals surface area (Å²) in [6, 6.07) is 6.04. The molecule has 0 radical (unpaired) electrons. The number of nitrogens with one attached hydrogen (secondary N) is 2. The molecule has 0 aliphatic carbocycles. The van der Waals surface area contributed by atoms with Gasteiger partial charge in [0.15, 0.2) is 5.96 Å². The van der Waals surface area contributed by atoms with Crippen LogP contribution in [0.5, 0.6) is 0 Å². The lowest BCUT2D eigenvalue weighted by Gasteiger charge is -2.21. The molecule has 0 spiro atoms. The molecule has 3 heterocycles. The molecule has 0 bridgehead atoms. The van der Waals surface area contributed by atoms with Gasteiger partial charge >= 0.3 is 0 Å². The molecule has 0 amide bonds. The van der Waals surface area contributed by atoms with Crippen molar-refractivity contribution in [2.75, 3.05) is 46.1 Å². The Bertz CT molecular complexity index is 691. The molecule has 28 heavy (non-hydrogen) atoms. The third-order valence-electron chi connectivity index (χ3n) is 4.84. The van der Waals surface area contributed by atoms with Crippen LogP contribution < -0.4 is 10.6 Å². The van der Waals surface area contributed by atoms with Crippen LogP contribution in [-0.2, 0) is 15.9 Å². The van der Waals surface area contributed by atoms with E-state index >= 15 is 0 Å². The van der Waals surface area contributed by atoms with E-state index in [1.54, 1.807) is 0 Å². The van der Waals surface area contributed by atoms with Gasteiger partial charge in [-0.05, 0) is 44.2 Å². The van der Waals surface area contributed by atoms with E-state index in [1.807, 2.05) is 24.4 Å². The molecule has 154 valence electrons. The third-order valence-corrected chi connectivity index (χ3v) is 4.84. The van der Waals surface area contributed by atoms with Crippen LogP contribution in [-0.4, -0.2) is 61.4 Å². The molecule has 2 N–H and O–H groups in total. The van der Waals surface area contributed by atoms with E-state index in [0.717, 1.165) is 89.0 Å². The second kappa shape index (κ2) is 11.7. The number of guanidine groups is 1. The fourth-order valence-corrected chi connectivity index (χ4v) is 3.28. The number of rotatable bonds is 10. The second-order valence-corrected chi connectivity index (χ2v) is 7.12. The number of fused-ring (bicyclic) bond motifs is 1. The van der Waals surface area contributed by atoms with Crippen molar-refractivity contribution in [3.63, 3.8) is 0 Å². The number of ether oxygens (including phenoxy) is 2. The van der Waals surface area contributed by atoms with Gasteiger partial charge in [0, 0.05) is 64.9 Å². The SMILES string of the molecule is CCNC(=NCCCOCC1CCOCC1)NCCc1cn2ccccc2n1. The van der Waals surface area contributed by atoms with Crippen LogP contribution in [0.1, 0.15) is 31.9 Å². The molecule has 0 unspecified atom stereocenters. The number of hydrogen-bond acceptors (Lipinski definition) is 4. The fraction of sp³-hybridized carbons (Fsp3) is 0.619. The molecule has 1 fully saturated rings. The maximum absolute atomic E-state index is 5.81. The summed E-state index contributed by atoms with van der Waals surface area (Å²) in [6.45, 7) is 7.87. The summed E-state index contributed by atoms with van der Waals surface area (Å²) < 4.78 is 13.2. The zero-order chi connectivity index (χ0) is 19.4. The van der Waals surface area contributed by atoms with Crippen LogP contribution in [0, 0.1) is 5.92 Å². The van der Waals surface area contributed by atoms with Gasteiger partial charge in [0.25, 0.3) is 0 Å². The zero-order valence-corrected chi connectivity index (χ0v) is 16.9. The van der Waals surface area contributed by atoms with E-state index in [-0.39, 0.29) is 0 Å². The third kappa shape index (κ3) is 6.80. The van der Waals surface area contributed by atoms with E-state index in [4.69, 9.17) is 9.47 Å². The molecular weight excluding hydrogens is 354 g/mol. The Morgan fingerprint density at radius 1 is 1.32 bits per heavy atom. The topological polar surface area (TPSA) is 72.2 Å². The van der Waals surface area contributed by atoms with Gasteiger partial charge in [-0.1, -0.05) is 6.07 Å². The van der Waals surface area contributed by atoms with E-state index in [2.05, 4.69) is 38.1 Å². The Kier molecular flexibility index (Phi) is 8.58. The highest BCUT2D eigenvalue weighted by Crippen LogP contribution is 2.14. The van der Waals surface area contributed by atoms with Crippen LogP contribution in [0.25, 0.3) is 5.65 Å². The predicted octanol–water partition coefficient (Wildman–Crippen LogP) is 2.27. The smallest absolute Gasteiger partial charge is 0.191 e. The summed E-state index contributed by atoms with van der Waals surface area (Å²) in [7, 11) is 0. The lowest BCUT2D eigenvalue weighted by Crippen LogP contribution is -2.38. The van der Waals surface area contributed by atoms with Crippen molar-refractivity contribution >= 4 is 11.6 Å². The van der Waals surface area contributed by atoms with Gasteiger partial charge in [-0.15, -0.1) is 0 Å². The summed E-state index contributed by atoms with van der Waals surface area (Å²) >= 11 is 0. The minimum Gasteiger partial charge on any atom is -0.381 e. The standard InChI is InChI=1S/C21H33N5O2/c1-2-22-21(23-10-5-13-28-17-18-8-14-27-15-9-18)24-11-7-19-16-26-12-4-3-6-20(26)25-19/h3-4,6,12,16,18H,2,5,7-11,13-15,17H2,1H3,(H2,22,23,24). The largest absolute Gasteiger partial charge is 0.381 e. The predicted molar refractivity (Wildman–Crippen MR) is 112 cm³/mol. The first-order chi connectivity index (χ1) is 13.8. The molecule has 0 saturated carbocycles. The number of aromatic nitrogens is 2. The van der Waals surface area contributed by atoms with E-state index < -0.39 is 0 Å². The van der Waals surface area contributed by atoms with Crippen molar-refractivity contribution in [3.05, 3.63) is 36.3 Å². The maximum Gasteiger partial charge on any atom is 0.191 e. The minimum atomic E-state index is 0.663. The number of pyridine rings is 1. The quantitative estimate of drug-likeness (QED) is 0.372.